The van der Waals surface area contributed by atoms with Gasteiger partial charge in [-0.2, -0.15) is 5.10 Å². The summed E-state index contributed by atoms with van der Waals surface area (Å²) < 4.78 is 1.78. The summed E-state index contributed by atoms with van der Waals surface area (Å²) in [5, 5.41) is 13.3. The fourth-order valence-corrected chi connectivity index (χ4v) is 1.34. The smallest absolute Gasteiger partial charge is 0.0708 e. The molecule has 1 aromatic heterocycles. The predicted octanol–water partition coefficient (Wildman–Crippen LogP) is 0.592. The molecule has 0 aliphatic heterocycles. The Labute approximate surface area is 78.4 Å². The van der Waals surface area contributed by atoms with Gasteiger partial charge in [0.2, 0.25) is 0 Å². The van der Waals surface area contributed by atoms with E-state index < -0.39 is 0 Å². The Bertz CT molecular complexity index is 278. The zero-order chi connectivity index (χ0) is 10.0. The molecule has 1 rings (SSSR count). The first-order chi connectivity index (χ1) is 6.02. The number of rotatable bonds is 3. The topological polar surface area (TPSA) is 64.1 Å². The van der Waals surface area contributed by atoms with Gasteiger partial charge in [-0.3, -0.25) is 4.68 Å². The second-order valence-corrected chi connectivity index (χ2v) is 3.51. The van der Waals surface area contributed by atoms with Crippen molar-refractivity contribution in [1.29, 1.82) is 0 Å². The molecular weight excluding hydrogens is 166 g/mol. The van der Waals surface area contributed by atoms with E-state index in [1.165, 1.54) is 0 Å². The Hall–Kier alpha value is -0.870. The van der Waals surface area contributed by atoms with Crippen molar-refractivity contribution >= 4 is 0 Å². The van der Waals surface area contributed by atoms with Crippen molar-refractivity contribution in [1.82, 2.24) is 9.78 Å². The minimum Gasteiger partial charge on any atom is -0.391 e. The molecule has 74 valence electrons. The molecule has 0 aromatic carbocycles. The molecular formula is C9H17N3O. The highest BCUT2D eigenvalue weighted by molar-refractivity contribution is 5.19. The highest BCUT2D eigenvalue weighted by Crippen LogP contribution is 2.14. The largest absolute Gasteiger partial charge is 0.391 e. The first-order valence-electron chi connectivity index (χ1n) is 4.48. The van der Waals surface area contributed by atoms with Crippen LogP contribution in [0.15, 0.2) is 6.20 Å². The van der Waals surface area contributed by atoms with Crippen LogP contribution in [0.4, 0.5) is 0 Å². The first-order valence-corrected chi connectivity index (χ1v) is 4.48. The van der Waals surface area contributed by atoms with Crippen LogP contribution >= 0.6 is 0 Å². The van der Waals surface area contributed by atoms with E-state index in [0.29, 0.717) is 6.54 Å². The van der Waals surface area contributed by atoms with Crippen molar-refractivity contribution in [3.05, 3.63) is 17.5 Å². The molecule has 0 saturated heterocycles. The Morgan fingerprint density at radius 1 is 1.62 bits per heavy atom. The summed E-state index contributed by atoms with van der Waals surface area (Å²) in [5.41, 5.74) is 7.82. The minimum atomic E-state index is -0.375. The van der Waals surface area contributed by atoms with Gasteiger partial charge < -0.3 is 10.8 Å². The monoisotopic (exact) mass is 183 g/mol. The summed E-state index contributed by atoms with van der Waals surface area (Å²) in [6, 6.07) is 0.00255. The van der Waals surface area contributed by atoms with Crippen LogP contribution in [0.3, 0.4) is 0 Å². The molecule has 3 N–H and O–H groups in total. The zero-order valence-electron chi connectivity index (χ0n) is 8.36. The number of hydrogen-bond donors (Lipinski definition) is 2. The van der Waals surface area contributed by atoms with Crippen molar-refractivity contribution in [3.63, 3.8) is 0 Å². The third kappa shape index (κ3) is 2.29. The van der Waals surface area contributed by atoms with E-state index >= 15 is 0 Å². The molecule has 0 aliphatic rings. The molecule has 0 radical (unpaired) electrons. The summed E-state index contributed by atoms with van der Waals surface area (Å²) in [5.74, 6) is 0. The van der Waals surface area contributed by atoms with E-state index in [1.54, 1.807) is 17.8 Å². The number of nitrogens with zero attached hydrogens (tertiary/aromatic N) is 2. The molecule has 0 amide bonds. The van der Waals surface area contributed by atoms with E-state index in [-0.39, 0.29) is 12.1 Å². The van der Waals surface area contributed by atoms with Gasteiger partial charge in [0.1, 0.15) is 0 Å². The quantitative estimate of drug-likeness (QED) is 0.721. The van der Waals surface area contributed by atoms with Gasteiger partial charge in [-0.15, -0.1) is 0 Å². The van der Waals surface area contributed by atoms with Crippen molar-refractivity contribution in [2.75, 3.05) is 0 Å². The fraction of sp³-hybridized carbons (Fsp3) is 0.667. The Morgan fingerprint density at radius 2 is 2.23 bits per heavy atom. The van der Waals surface area contributed by atoms with Crippen LogP contribution in [0.25, 0.3) is 0 Å². The molecule has 0 spiro atoms. The van der Waals surface area contributed by atoms with Crippen LogP contribution in [-0.2, 0) is 6.54 Å². The van der Waals surface area contributed by atoms with Crippen LogP contribution in [0.1, 0.15) is 31.1 Å². The molecule has 1 aromatic rings. The molecule has 0 bridgehead atoms. The molecule has 4 heteroatoms. The van der Waals surface area contributed by atoms with Crippen LogP contribution < -0.4 is 5.73 Å². The maximum atomic E-state index is 9.19. The zero-order valence-corrected chi connectivity index (χ0v) is 8.36. The van der Waals surface area contributed by atoms with Gasteiger partial charge in [0.15, 0.2) is 0 Å². The van der Waals surface area contributed by atoms with Crippen LogP contribution in [0.5, 0.6) is 0 Å². The Kier molecular flexibility index (Phi) is 3.06. The summed E-state index contributed by atoms with van der Waals surface area (Å²) in [6.07, 6.45) is 1.39. The lowest BCUT2D eigenvalue weighted by Gasteiger charge is -2.08. The molecule has 0 saturated carbocycles. The number of nitrogens with two attached hydrogens (primary N) is 1. The molecule has 13 heavy (non-hydrogen) atoms. The summed E-state index contributed by atoms with van der Waals surface area (Å²) in [6.45, 7) is 6.16. The highest BCUT2D eigenvalue weighted by Gasteiger charge is 2.10. The molecule has 2 atom stereocenters. The lowest BCUT2D eigenvalue weighted by atomic mass is 10.1. The van der Waals surface area contributed by atoms with Gasteiger partial charge in [0.05, 0.1) is 18.8 Å². The van der Waals surface area contributed by atoms with Crippen molar-refractivity contribution in [2.45, 2.75) is 39.5 Å². The number of aliphatic hydroxyl groups is 1. The third-order valence-corrected chi connectivity index (χ3v) is 2.07. The molecule has 0 aliphatic carbocycles. The van der Waals surface area contributed by atoms with Gasteiger partial charge in [0.25, 0.3) is 0 Å². The van der Waals surface area contributed by atoms with Crippen molar-refractivity contribution in [2.24, 2.45) is 5.73 Å². The van der Waals surface area contributed by atoms with E-state index in [2.05, 4.69) is 5.10 Å². The van der Waals surface area contributed by atoms with Crippen molar-refractivity contribution in [3.8, 4) is 0 Å². The van der Waals surface area contributed by atoms with Crippen molar-refractivity contribution < 1.29 is 5.11 Å². The highest BCUT2D eigenvalue weighted by atomic mass is 16.3. The van der Waals surface area contributed by atoms with Gasteiger partial charge in [-0.25, -0.2) is 0 Å². The third-order valence-electron chi connectivity index (χ3n) is 2.07. The lowest BCUT2D eigenvalue weighted by Crippen LogP contribution is -2.15. The second-order valence-electron chi connectivity index (χ2n) is 3.51. The molecule has 0 fully saturated rings. The summed E-state index contributed by atoms with van der Waals surface area (Å²) >= 11 is 0. The van der Waals surface area contributed by atoms with Gasteiger partial charge in [0, 0.05) is 17.3 Å². The SMILES string of the molecule is Cc1c(C(C)N)cnn1CC(C)O. The van der Waals surface area contributed by atoms with Crippen LogP contribution in [0, 0.1) is 6.92 Å². The first kappa shape index (κ1) is 10.2. The Morgan fingerprint density at radius 3 is 2.62 bits per heavy atom. The van der Waals surface area contributed by atoms with E-state index in [1.807, 2.05) is 13.8 Å². The normalized spacial score (nSPS) is 15.8. The van der Waals surface area contributed by atoms with Gasteiger partial charge in [-0.1, -0.05) is 0 Å². The van der Waals surface area contributed by atoms with E-state index in [9.17, 15) is 5.11 Å². The molecule has 4 nitrogen and oxygen atoms in total. The second kappa shape index (κ2) is 3.89. The predicted molar refractivity (Wildman–Crippen MR) is 51.2 cm³/mol. The maximum absolute atomic E-state index is 9.19. The van der Waals surface area contributed by atoms with Crippen LogP contribution in [0.2, 0.25) is 0 Å². The molecule has 1 heterocycles. The average molecular weight is 183 g/mol. The lowest BCUT2D eigenvalue weighted by molar-refractivity contribution is 0.167. The average Bonchev–Trinajstić information content (AvgIpc) is 2.32. The van der Waals surface area contributed by atoms with Gasteiger partial charge in [-0.05, 0) is 20.8 Å². The van der Waals surface area contributed by atoms with Crippen LogP contribution in [-0.4, -0.2) is 21.0 Å². The molecule has 2 unspecified atom stereocenters. The number of aromatic nitrogens is 2. The van der Waals surface area contributed by atoms with E-state index in [4.69, 9.17) is 5.73 Å². The fourth-order valence-electron chi connectivity index (χ4n) is 1.34. The summed E-state index contributed by atoms with van der Waals surface area (Å²) in [7, 11) is 0. The van der Waals surface area contributed by atoms with E-state index in [0.717, 1.165) is 11.3 Å². The number of aliphatic hydroxyl groups excluding tert-OH is 1. The van der Waals surface area contributed by atoms with Gasteiger partial charge >= 0.3 is 0 Å². The minimum absolute atomic E-state index is 0.00255. The summed E-state index contributed by atoms with van der Waals surface area (Å²) in [4.78, 5) is 0. The Balaban J connectivity index is 2.86. The number of hydrogen-bond acceptors (Lipinski definition) is 3. The maximum Gasteiger partial charge on any atom is 0.0708 e. The standard InChI is InChI=1S/C9H17N3O/c1-6(13)5-12-8(3)9(4-11-12)7(2)10/h4,6-7,13H,5,10H2,1-3H3.